The number of aliphatic hydroxyl groups excluding tert-OH is 1. The summed E-state index contributed by atoms with van der Waals surface area (Å²) in [4.78, 5) is 35.1. The second-order valence-electron chi connectivity index (χ2n) is 9.37. The average molecular weight is 584 g/mol. The van der Waals surface area contributed by atoms with E-state index in [-0.39, 0.29) is 29.8 Å². The van der Waals surface area contributed by atoms with Crippen molar-refractivity contribution in [3.05, 3.63) is 66.0 Å². The zero-order chi connectivity index (χ0) is 28.9. The molecule has 0 aliphatic heterocycles. The largest absolute Gasteiger partial charge is 0.453 e. The minimum atomic E-state index is -1.23. The van der Waals surface area contributed by atoms with Crippen LogP contribution < -0.4 is 15.4 Å². The van der Waals surface area contributed by atoms with Gasteiger partial charge in [-0.2, -0.15) is 4.39 Å². The van der Waals surface area contributed by atoms with Gasteiger partial charge in [0.15, 0.2) is 11.6 Å². The molecule has 0 bridgehead atoms. The maximum Gasteiger partial charge on any atom is 0.319 e. The van der Waals surface area contributed by atoms with E-state index in [0.29, 0.717) is 29.1 Å². The molecular formula is C28H27F2N5O5S. The lowest BCUT2D eigenvalue weighted by molar-refractivity contribution is -0.135. The predicted octanol–water partition coefficient (Wildman–Crippen LogP) is 4.68. The number of pyridine rings is 2. The lowest BCUT2D eigenvalue weighted by Gasteiger charge is -2.21. The van der Waals surface area contributed by atoms with Gasteiger partial charge in [-0.3, -0.25) is 14.8 Å². The number of methoxy groups -OCH3 is 1. The van der Waals surface area contributed by atoms with Crippen molar-refractivity contribution in [2.45, 2.75) is 25.4 Å². The number of urea groups is 1. The van der Waals surface area contributed by atoms with E-state index in [2.05, 4.69) is 20.6 Å². The molecule has 1 saturated carbocycles. The predicted molar refractivity (Wildman–Crippen MR) is 149 cm³/mol. The molecule has 3 N–H and O–H groups in total. The lowest BCUT2D eigenvalue weighted by Crippen LogP contribution is -2.35. The number of nitrogens with zero attached hydrogens (tertiary/aromatic N) is 3. The molecule has 1 aromatic carbocycles. The molecule has 13 heteroatoms. The zero-order valence-corrected chi connectivity index (χ0v) is 22.8. The van der Waals surface area contributed by atoms with Crippen molar-refractivity contribution in [3.8, 4) is 22.1 Å². The highest BCUT2D eigenvalue weighted by Gasteiger charge is 2.24. The van der Waals surface area contributed by atoms with Crippen molar-refractivity contribution < 1.29 is 33.0 Å². The van der Waals surface area contributed by atoms with Gasteiger partial charge in [0.1, 0.15) is 12.4 Å². The molecule has 0 radical (unpaired) electrons. The van der Waals surface area contributed by atoms with Gasteiger partial charge in [-0.1, -0.05) is 6.07 Å². The van der Waals surface area contributed by atoms with E-state index in [4.69, 9.17) is 9.47 Å². The van der Waals surface area contributed by atoms with Gasteiger partial charge in [-0.05, 0) is 42.7 Å². The van der Waals surface area contributed by atoms with Crippen molar-refractivity contribution in [1.29, 1.82) is 0 Å². The monoisotopic (exact) mass is 583 g/mol. The Morgan fingerprint density at radius 2 is 1.95 bits per heavy atom. The summed E-state index contributed by atoms with van der Waals surface area (Å²) in [6.45, 7) is 0.348. The van der Waals surface area contributed by atoms with Crippen LogP contribution in [0.15, 0.2) is 48.8 Å². The Balaban J connectivity index is 1.32. The quantitative estimate of drug-likeness (QED) is 0.234. The first-order valence-corrected chi connectivity index (χ1v) is 13.6. The minimum Gasteiger partial charge on any atom is -0.453 e. The SMILES string of the molecule is COCCN(Cc1ccc(-c2cc3nccc(Oc4ccc(NC(=O)NC5CC5)c(F)c4F)c3s2)nc1)C(=O)CO. The lowest BCUT2D eigenvalue weighted by atomic mass is 10.2. The topological polar surface area (TPSA) is 126 Å². The Bertz CT molecular complexity index is 1560. The molecule has 0 spiro atoms. The fourth-order valence-corrected chi connectivity index (χ4v) is 5.04. The molecule has 41 heavy (non-hydrogen) atoms. The molecule has 5 rings (SSSR count). The molecule has 3 aromatic heterocycles. The minimum absolute atomic E-state index is 0.0717. The summed E-state index contributed by atoms with van der Waals surface area (Å²) in [7, 11) is 1.54. The number of hydrogen-bond donors (Lipinski definition) is 3. The number of carbonyl (C=O) groups excluding carboxylic acids is 2. The summed E-state index contributed by atoms with van der Waals surface area (Å²) in [6.07, 6.45) is 4.88. The van der Waals surface area contributed by atoms with Crippen molar-refractivity contribution in [2.24, 2.45) is 0 Å². The van der Waals surface area contributed by atoms with Crippen molar-refractivity contribution in [2.75, 3.05) is 32.2 Å². The number of anilines is 1. The van der Waals surface area contributed by atoms with Crippen LogP contribution >= 0.6 is 11.3 Å². The van der Waals surface area contributed by atoms with Gasteiger partial charge in [0.2, 0.25) is 11.7 Å². The van der Waals surface area contributed by atoms with Crippen LogP contribution in [-0.4, -0.2) is 64.8 Å². The Kier molecular flexibility index (Phi) is 8.67. The molecule has 0 saturated heterocycles. The van der Waals surface area contributed by atoms with E-state index in [1.807, 2.05) is 12.1 Å². The van der Waals surface area contributed by atoms with Gasteiger partial charge in [-0.15, -0.1) is 11.3 Å². The smallest absolute Gasteiger partial charge is 0.319 e. The van der Waals surface area contributed by atoms with Crippen LogP contribution in [0.25, 0.3) is 20.8 Å². The summed E-state index contributed by atoms with van der Waals surface area (Å²) in [5.74, 6) is -2.92. The molecule has 1 fully saturated rings. The van der Waals surface area contributed by atoms with Crippen LogP contribution in [0.5, 0.6) is 11.5 Å². The third-order valence-electron chi connectivity index (χ3n) is 6.31. The summed E-state index contributed by atoms with van der Waals surface area (Å²) < 4.78 is 41.0. The molecule has 1 aliphatic rings. The first-order valence-electron chi connectivity index (χ1n) is 12.8. The average Bonchev–Trinajstić information content (AvgIpc) is 3.68. The number of nitrogens with one attached hydrogen (secondary N) is 2. The number of aromatic nitrogens is 2. The molecule has 10 nitrogen and oxygen atoms in total. The van der Waals surface area contributed by atoms with Crippen LogP contribution in [0.2, 0.25) is 0 Å². The standard InChI is InChI=1S/C28H27F2N5O5S/c1-39-11-10-35(24(37)15-36)14-16-2-5-18(32-13-16)23-12-20-27(41-23)22(8-9-31-20)40-21-7-6-19(25(29)26(21)30)34-28(38)33-17-3-4-17/h2,5-9,12-13,17,36H,3-4,10-11,14-15H2,1H3,(H2,33,34,38). The second-order valence-corrected chi connectivity index (χ2v) is 10.4. The normalized spacial score (nSPS) is 12.8. The van der Waals surface area contributed by atoms with E-state index in [1.54, 1.807) is 18.3 Å². The van der Waals surface area contributed by atoms with Crippen LogP contribution in [-0.2, 0) is 16.1 Å². The summed E-state index contributed by atoms with van der Waals surface area (Å²) in [6, 6.07) is 8.99. The van der Waals surface area contributed by atoms with E-state index < -0.39 is 30.2 Å². The fraction of sp³-hybridized carbons (Fsp3) is 0.286. The Hall–Kier alpha value is -4.20. The molecule has 214 valence electrons. The summed E-state index contributed by atoms with van der Waals surface area (Å²) in [5.41, 5.74) is 1.72. The number of amides is 3. The van der Waals surface area contributed by atoms with Gasteiger partial charge in [0.05, 0.1) is 33.1 Å². The maximum absolute atomic E-state index is 14.9. The number of hydrogen-bond acceptors (Lipinski definition) is 8. The number of thiophene rings is 1. The van der Waals surface area contributed by atoms with Crippen molar-refractivity contribution in [1.82, 2.24) is 20.2 Å². The highest BCUT2D eigenvalue weighted by atomic mass is 32.1. The molecule has 3 heterocycles. The van der Waals surface area contributed by atoms with Gasteiger partial charge in [0, 0.05) is 44.7 Å². The van der Waals surface area contributed by atoms with Gasteiger partial charge in [-0.25, -0.2) is 9.18 Å². The number of halogens is 2. The van der Waals surface area contributed by atoms with E-state index in [0.717, 1.165) is 23.3 Å². The Morgan fingerprint density at radius 1 is 1.12 bits per heavy atom. The van der Waals surface area contributed by atoms with E-state index >= 15 is 0 Å². The van der Waals surface area contributed by atoms with Gasteiger partial charge >= 0.3 is 6.03 Å². The number of aliphatic hydroxyl groups is 1. The maximum atomic E-state index is 14.9. The summed E-state index contributed by atoms with van der Waals surface area (Å²) in [5, 5.41) is 14.2. The molecule has 4 aromatic rings. The number of benzene rings is 1. The summed E-state index contributed by atoms with van der Waals surface area (Å²) >= 11 is 1.32. The van der Waals surface area contributed by atoms with E-state index in [1.165, 1.54) is 41.7 Å². The molecular weight excluding hydrogens is 556 g/mol. The highest BCUT2D eigenvalue weighted by Crippen LogP contribution is 2.39. The second kappa shape index (κ2) is 12.5. The van der Waals surface area contributed by atoms with Gasteiger partial charge in [0.25, 0.3) is 0 Å². The molecule has 1 aliphatic carbocycles. The highest BCUT2D eigenvalue weighted by molar-refractivity contribution is 7.22. The third-order valence-corrected chi connectivity index (χ3v) is 7.47. The Labute approximate surface area is 237 Å². The van der Waals surface area contributed by atoms with Crippen molar-refractivity contribution in [3.63, 3.8) is 0 Å². The number of rotatable bonds is 11. The van der Waals surface area contributed by atoms with E-state index in [9.17, 15) is 23.5 Å². The molecule has 0 atom stereocenters. The van der Waals surface area contributed by atoms with Crippen LogP contribution in [0, 0.1) is 11.6 Å². The molecule has 0 unspecified atom stereocenters. The van der Waals surface area contributed by atoms with Crippen LogP contribution in [0.4, 0.5) is 19.3 Å². The third kappa shape index (κ3) is 6.76. The van der Waals surface area contributed by atoms with Crippen molar-refractivity contribution >= 4 is 39.2 Å². The number of ether oxygens (including phenoxy) is 2. The first-order chi connectivity index (χ1) is 19.9. The fourth-order valence-electron chi connectivity index (χ4n) is 4.00. The Morgan fingerprint density at radius 3 is 2.66 bits per heavy atom. The first kappa shape index (κ1) is 28.3. The van der Waals surface area contributed by atoms with Gasteiger partial charge < -0.3 is 30.1 Å². The van der Waals surface area contributed by atoms with Crippen LogP contribution in [0.1, 0.15) is 18.4 Å². The molecule has 3 amide bonds. The zero-order valence-electron chi connectivity index (χ0n) is 22.0. The number of fused-ring (bicyclic) bond motifs is 1. The van der Waals surface area contributed by atoms with Crippen LogP contribution in [0.3, 0.4) is 0 Å². The number of carbonyl (C=O) groups is 2.